The molecule has 3 heteroatoms. The molecule has 0 fully saturated rings. The number of rotatable bonds is 0. The van der Waals surface area contributed by atoms with Crippen molar-refractivity contribution in [2.75, 3.05) is 0 Å². The molecule has 0 spiro atoms. The summed E-state index contributed by atoms with van der Waals surface area (Å²) in [6, 6.07) is 3.41. The van der Waals surface area contributed by atoms with Gasteiger partial charge in [-0.1, -0.05) is 6.08 Å². The summed E-state index contributed by atoms with van der Waals surface area (Å²) in [6.07, 6.45) is 6.90. The van der Waals surface area contributed by atoms with Crippen LogP contribution >= 0.6 is 0 Å². The van der Waals surface area contributed by atoms with Crippen molar-refractivity contribution in [1.29, 1.82) is 0 Å². The number of ketones is 2. The van der Waals surface area contributed by atoms with E-state index in [-0.39, 0.29) is 5.60 Å². The van der Waals surface area contributed by atoms with E-state index < -0.39 is 11.6 Å². The third kappa shape index (κ3) is 1.51. The zero-order valence-corrected chi connectivity index (χ0v) is 10.2. The van der Waals surface area contributed by atoms with E-state index in [2.05, 4.69) is 0 Å². The largest absolute Gasteiger partial charge is 0.483 e. The molecule has 0 saturated carbocycles. The van der Waals surface area contributed by atoms with Crippen molar-refractivity contribution < 1.29 is 14.3 Å². The molecule has 0 radical (unpaired) electrons. The first-order valence-electron chi connectivity index (χ1n) is 5.80. The molecule has 0 N–H and O–H groups in total. The second-order valence-electron chi connectivity index (χ2n) is 5.00. The molecule has 1 aliphatic carbocycles. The molecule has 0 saturated heterocycles. The zero-order valence-electron chi connectivity index (χ0n) is 10.2. The lowest BCUT2D eigenvalue weighted by Crippen LogP contribution is -2.28. The second kappa shape index (κ2) is 3.42. The standard InChI is InChI=1S/C15H12O3/c1-15(2)8-7-10-9-3-5-12(16)14(17)11(9)4-6-13(10)18-15/h3-8H,1-2H3. The van der Waals surface area contributed by atoms with Crippen LogP contribution in [0.15, 0.2) is 24.3 Å². The highest BCUT2D eigenvalue weighted by molar-refractivity contribution is 6.50. The van der Waals surface area contributed by atoms with E-state index in [9.17, 15) is 9.59 Å². The highest BCUT2D eigenvalue weighted by Gasteiger charge is 2.28. The van der Waals surface area contributed by atoms with Gasteiger partial charge in [0, 0.05) is 11.1 Å². The van der Waals surface area contributed by atoms with Crippen LogP contribution in [0.25, 0.3) is 12.2 Å². The predicted molar refractivity (Wildman–Crippen MR) is 68.6 cm³/mol. The summed E-state index contributed by atoms with van der Waals surface area (Å²) in [6.45, 7) is 3.94. The van der Waals surface area contributed by atoms with E-state index in [0.29, 0.717) is 5.56 Å². The van der Waals surface area contributed by atoms with Crippen LogP contribution in [0.1, 0.15) is 35.3 Å². The fraction of sp³-hybridized carbons (Fsp3) is 0.200. The van der Waals surface area contributed by atoms with Crippen molar-refractivity contribution in [3.8, 4) is 5.75 Å². The Bertz CT molecular complexity index is 633. The minimum atomic E-state index is -0.469. The Morgan fingerprint density at radius 2 is 1.78 bits per heavy atom. The monoisotopic (exact) mass is 240 g/mol. The Morgan fingerprint density at radius 3 is 2.56 bits per heavy atom. The molecular weight excluding hydrogens is 228 g/mol. The number of ether oxygens (including phenoxy) is 1. The van der Waals surface area contributed by atoms with E-state index in [4.69, 9.17) is 4.74 Å². The van der Waals surface area contributed by atoms with Gasteiger partial charge in [0.1, 0.15) is 11.4 Å². The molecule has 3 nitrogen and oxygen atoms in total. The van der Waals surface area contributed by atoms with Crippen LogP contribution in [0.3, 0.4) is 0 Å². The van der Waals surface area contributed by atoms with Gasteiger partial charge in [-0.3, -0.25) is 9.59 Å². The van der Waals surface area contributed by atoms with Crippen molar-refractivity contribution in [3.05, 3.63) is 41.0 Å². The smallest absolute Gasteiger partial charge is 0.233 e. The average Bonchev–Trinajstić information content (AvgIpc) is 2.32. The lowest BCUT2D eigenvalue weighted by Gasteiger charge is -2.29. The number of benzene rings is 1. The van der Waals surface area contributed by atoms with Gasteiger partial charge >= 0.3 is 0 Å². The summed E-state index contributed by atoms with van der Waals surface area (Å²) in [4.78, 5) is 23.1. The molecule has 0 atom stereocenters. The van der Waals surface area contributed by atoms with Crippen LogP contribution in [0, 0.1) is 0 Å². The molecule has 0 aromatic heterocycles. The van der Waals surface area contributed by atoms with Gasteiger partial charge in [0.25, 0.3) is 0 Å². The first-order valence-corrected chi connectivity index (χ1v) is 5.80. The molecule has 1 aromatic carbocycles. The minimum Gasteiger partial charge on any atom is -0.483 e. The molecule has 0 bridgehead atoms. The maximum absolute atomic E-state index is 11.8. The summed E-state index contributed by atoms with van der Waals surface area (Å²) in [5, 5.41) is 0. The summed E-state index contributed by atoms with van der Waals surface area (Å²) in [5.74, 6) is -0.176. The van der Waals surface area contributed by atoms with Crippen molar-refractivity contribution >= 4 is 23.7 Å². The maximum atomic E-state index is 11.8. The zero-order chi connectivity index (χ0) is 12.9. The van der Waals surface area contributed by atoms with E-state index >= 15 is 0 Å². The van der Waals surface area contributed by atoms with Gasteiger partial charge in [-0.2, -0.15) is 0 Å². The lowest BCUT2D eigenvalue weighted by atomic mass is 9.89. The molecule has 1 aliphatic heterocycles. The van der Waals surface area contributed by atoms with E-state index in [0.717, 1.165) is 16.9 Å². The average molecular weight is 240 g/mol. The highest BCUT2D eigenvalue weighted by atomic mass is 16.5. The molecule has 0 amide bonds. The Hall–Kier alpha value is -2.16. The Morgan fingerprint density at radius 1 is 1.00 bits per heavy atom. The number of allylic oxidation sites excluding steroid dienone is 1. The molecule has 90 valence electrons. The second-order valence-corrected chi connectivity index (χ2v) is 5.00. The van der Waals surface area contributed by atoms with Crippen molar-refractivity contribution in [3.63, 3.8) is 0 Å². The lowest BCUT2D eigenvalue weighted by molar-refractivity contribution is -0.110. The third-order valence-corrected chi connectivity index (χ3v) is 3.14. The van der Waals surface area contributed by atoms with Gasteiger partial charge in [0.05, 0.1) is 0 Å². The topological polar surface area (TPSA) is 43.4 Å². The normalized spacial score (nSPS) is 19.2. The highest BCUT2D eigenvalue weighted by Crippen LogP contribution is 2.36. The molecule has 0 unspecified atom stereocenters. The molecular formula is C15H12O3. The number of hydrogen-bond donors (Lipinski definition) is 0. The van der Waals surface area contributed by atoms with Gasteiger partial charge < -0.3 is 4.74 Å². The van der Waals surface area contributed by atoms with Gasteiger partial charge in [-0.15, -0.1) is 0 Å². The van der Waals surface area contributed by atoms with Crippen LogP contribution in [-0.4, -0.2) is 17.2 Å². The summed E-state index contributed by atoms with van der Waals surface area (Å²) in [5.41, 5.74) is 1.74. The third-order valence-electron chi connectivity index (χ3n) is 3.14. The number of fused-ring (bicyclic) bond motifs is 3. The molecule has 1 heterocycles. The first kappa shape index (κ1) is 11.0. The van der Waals surface area contributed by atoms with E-state index in [1.165, 1.54) is 6.08 Å². The van der Waals surface area contributed by atoms with Gasteiger partial charge in [0.15, 0.2) is 0 Å². The number of carbonyl (C=O) groups excluding carboxylic acids is 2. The summed E-state index contributed by atoms with van der Waals surface area (Å²) in [7, 11) is 0. The van der Waals surface area contributed by atoms with E-state index in [1.807, 2.05) is 26.0 Å². The van der Waals surface area contributed by atoms with Crippen LogP contribution in [0.2, 0.25) is 0 Å². The van der Waals surface area contributed by atoms with Gasteiger partial charge in [-0.25, -0.2) is 0 Å². The molecule has 18 heavy (non-hydrogen) atoms. The number of hydrogen-bond acceptors (Lipinski definition) is 3. The maximum Gasteiger partial charge on any atom is 0.233 e. The summed E-state index contributed by atoms with van der Waals surface area (Å²) >= 11 is 0. The quantitative estimate of drug-likeness (QED) is 0.655. The fourth-order valence-corrected chi connectivity index (χ4v) is 2.22. The van der Waals surface area contributed by atoms with Crippen LogP contribution in [0.4, 0.5) is 0 Å². The number of Topliss-reactive ketones (excluding diaryl/α,β-unsaturated/α-hetero) is 1. The van der Waals surface area contributed by atoms with Crippen molar-refractivity contribution in [2.45, 2.75) is 19.4 Å². The fourth-order valence-electron chi connectivity index (χ4n) is 2.22. The van der Waals surface area contributed by atoms with Crippen LogP contribution in [-0.2, 0) is 4.79 Å². The van der Waals surface area contributed by atoms with E-state index in [1.54, 1.807) is 18.2 Å². The number of carbonyl (C=O) groups is 2. The molecule has 1 aromatic rings. The summed E-state index contributed by atoms with van der Waals surface area (Å²) < 4.78 is 5.83. The molecule has 2 aliphatic rings. The Balaban J connectivity index is 2.22. The Labute approximate surface area is 105 Å². The first-order chi connectivity index (χ1) is 8.48. The van der Waals surface area contributed by atoms with Gasteiger partial charge in [-0.05, 0) is 49.8 Å². The minimum absolute atomic E-state index is 0.348. The Kier molecular flexibility index (Phi) is 2.08. The van der Waals surface area contributed by atoms with Crippen LogP contribution in [0.5, 0.6) is 5.75 Å². The molecule has 3 rings (SSSR count). The predicted octanol–water partition coefficient (Wildman–Crippen LogP) is 2.65. The van der Waals surface area contributed by atoms with Gasteiger partial charge in [0.2, 0.25) is 11.6 Å². The van der Waals surface area contributed by atoms with Crippen molar-refractivity contribution in [2.24, 2.45) is 0 Å². The SMILES string of the molecule is CC1(C)C=Cc2c(ccc3c2C=CC(=O)C3=O)O1. The van der Waals surface area contributed by atoms with Crippen molar-refractivity contribution in [1.82, 2.24) is 0 Å². The van der Waals surface area contributed by atoms with Crippen LogP contribution < -0.4 is 4.74 Å².